The quantitative estimate of drug-likeness (QED) is 0.0320. The highest BCUT2D eigenvalue weighted by molar-refractivity contribution is 5.76. The number of rotatable bonds is 65. The summed E-state index contributed by atoms with van der Waals surface area (Å²) in [7, 11) is 0. The number of carbonyl (C=O) groups excluding carboxylic acids is 2. The maximum absolute atomic E-state index is 12.6. The lowest BCUT2D eigenvalue weighted by atomic mass is 10.0. The molecule has 2 unspecified atom stereocenters. The molecule has 0 bridgehead atoms. The van der Waals surface area contributed by atoms with Crippen LogP contribution in [0.25, 0.3) is 0 Å². The molecule has 0 saturated carbocycles. The molecule has 0 fully saturated rings. The molecule has 3 N–H and O–H groups in total. The van der Waals surface area contributed by atoms with Crippen molar-refractivity contribution >= 4 is 11.9 Å². The van der Waals surface area contributed by atoms with Crippen LogP contribution in [-0.2, 0) is 14.3 Å². The van der Waals surface area contributed by atoms with Gasteiger partial charge >= 0.3 is 5.97 Å². The van der Waals surface area contributed by atoms with Gasteiger partial charge in [0.25, 0.3) is 0 Å². The zero-order valence-corrected chi connectivity index (χ0v) is 51.1. The molecule has 0 aliphatic rings. The Bertz CT molecular complexity index is 1130. The number of aliphatic hydroxyl groups excluding tert-OH is 2. The van der Waals surface area contributed by atoms with Crippen LogP contribution in [0.5, 0.6) is 0 Å². The standard InChI is InChI=1S/C69H135NO5/c1-3-5-7-9-11-13-15-17-18-19-20-21-22-23-24-26-29-32-35-38-41-45-49-53-57-61-67(72)66(65-71)70-68(73)62-58-54-50-46-42-39-36-33-30-27-25-28-31-34-37-40-44-48-52-56-60-64-75-69(74)63-59-55-51-47-43-16-14-12-10-8-6-4-2/h12,14,66-67,71-72H,3-11,13,15-65H2,1-2H3,(H,70,73)/b14-12-. The van der Waals surface area contributed by atoms with Crippen LogP contribution in [0.1, 0.15) is 393 Å². The second-order valence-corrected chi connectivity index (χ2v) is 23.9. The zero-order chi connectivity index (χ0) is 54.3. The first-order valence-electron chi connectivity index (χ1n) is 34.4. The summed E-state index contributed by atoms with van der Waals surface area (Å²) < 4.78 is 5.47. The van der Waals surface area contributed by atoms with E-state index < -0.39 is 12.1 Å². The summed E-state index contributed by atoms with van der Waals surface area (Å²) in [5, 5.41) is 23.4. The molecular weight excluding hydrogens is 923 g/mol. The predicted molar refractivity (Wildman–Crippen MR) is 329 cm³/mol. The normalized spacial score (nSPS) is 12.5. The van der Waals surface area contributed by atoms with Gasteiger partial charge in [-0.15, -0.1) is 0 Å². The van der Waals surface area contributed by atoms with E-state index in [1.807, 2.05) is 0 Å². The number of carbonyl (C=O) groups is 2. The van der Waals surface area contributed by atoms with Crippen molar-refractivity contribution in [1.29, 1.82) is 0 Å². The number of ether oxygens (including phenoxy) is 1. The third kappa shape index (κ3) is 61.7. The van der Waals surface area contributed by atoms with E-state index in [1.54, 1.807) is 0 Å². The van der Waals surface area contributed by atoms with Crippen LogP contribution in [0.15, 0.2) is 12.2 Å². The van der Waals surface area contributed by atoms with E-state index in [2.05, 4.69) is 31.3 Å². The molecule has 0 radical (unpaired) electrons. The molecule has 0 spiro atoms. The van der Waals surface area contributed by atoms with Gasteiger partial charge in [0, 0.05) is 12.8 Å². The number of hydrogen-bond donors (Lipinski definition) is 3. The second-order valence-electron chi connectivity index (χ2n) is 23.9. The van der Waals surface area contributed by atoms with Gasteiger partial charge in [0.15, 0.2) is 0 Å². The van der Waals surface area contributed by atoms with Gasteiger partial charge in [-0.25, -0.2) is 0 Å². The first kappa shape index (κ1) is 73.6. The lowest BCUT2D eigenvalue weighted by Crippen LogP contribution is -2.45. The molecule has 0 aromatic heterocycles. The van der Waals surface area contributed by atoms with Gasteiger partial charge in [-0.2, -0.15) is 0 Å². The molecular formula is C69H135NO5. The summed E-state index contributed by atoms with van der Waals surface area (Å²) in [4.78, 5) is 24.6. The Hall–Kier alpha value is -1.40. The Morgan fingerprint density at radius 2 is 0.627 bits per heavy atom. The van der Waals surface area contributed by atoms with Crippen molar-refractivity contribution in [1.82, 2.24) is 5.32 Å². The van der Waals surface area contributed by atoms with Crippen LogP contribution in [0.2, 0.25) is 0 Å². The minimum Gasteiger partial charge on any atom is -0.466 e. The highest BCUT2D eigenvalue weighted by atomic mass is 16.5. The number of allylic oxidation sites excluding steroid dienone is 2. The summed E-state index contributed by atoms with van der Waals surface area (Å²) in [5.41, 5.74) is 0. The van der Waals surface area contributed by atoms with Crippen molar-refractivity contribution in [2.24, 2.45) is 0 Å². The van der Waals surface area contributed by atoms with E-state index in [0.29, 0.717) is 25.9 Å². The van der Waals surface area contributed by atoms with Crippen LogP contribution < -0.4 is 5.32 Å². The monoisotopic (exact) mass is 1060 g/mol. The number of nitrogens with one attached hydrogen (secondary N) is 1. The molecule has 0 saturated heterocycles. The zero-order valence-electron chi connectivity index (χ0n) is 51.1. The first-order valence-corrected chi connectivity index (χ1v) is 34.4. The average Bonchev–Trinajstić information content (AvgIpc) is 3.41. The Labute approximate surface area is 469 Å². The third-order valence-electron chi connectivity index (χ3n) is 16.3. The molecule has 0 aromatic rings. The van der Waals surface area contributed by atoms with Gasteiger partial charge in [-0.05, 0) is 51.4 Å². The van der Waals surface area contributed by atoms with Crippen LogP contribution >= 0.6 is 0 Å². The predicted octanol–water partition coefficient (Wildman–Crippen LogP) is 22.0. The van der Waals surface area contributed by atoms with Crippen molar-refractivity contribution < 1.29 is 24.5 Å². The van der Waals surface area contributed by atoms with E-state index >= 15 is 0 Å². The van der Waals surface area contributed by atoms with Crippen molar-refractivity contribution in [2.45, 2.75) is 405 Å². The fraction of sp³-hybridized carbons (Fsp3) is 0.942. The molecule has 446 valence electrons. The van der Waals surface area contributed by atoms with E-state index in [-0.39, 0.29) is 18.5 Å². The smallest absolute Gasteiger partial charge is 0.305 e. The number of unbranched alkanes of at least 4 members (excludes halogenated alkanes) is 52. The van der Waals surface area contributed by atoms with E-state index in [0.717, 1.165) is 44.9 Å². The number of hydrogen-bond acceptors (Lipinski definition) is 5. The molecule has 1 amide bonds. The minimum absolute atomic E-state index is 0.00310. The molecule has 75 heavy (non-hydrogen) atoms. The van der Waals surface area contributed by atoms with Crippen LogP contribution in [0.3, 0.4) is 0 Å². The first-order chi connectivity index (χ1) is 37.0. The molecule has 0 rings (SSSR count). The van der Waals surface area contributed by atoms with Crippen molar-refractivity contribution in [3.63, 3.8) is 0 Å². The molecule has 0 heterocycles. The minimum atomic E-state index is -0.666. The van der Waals surface area contributed by atoms with Gasteiger partial charge in [-0.1, -0.05) is 341 Å². The highest BCUT2D eigenvalue weighted by Gasteiger charge is 2.20. The van der Waals surface area contributed by atoms with Crippen LogP contribution in [0, 0.1) is 0 Å². The van der Waals surface area contributed by atoms with E-state index in [9.17, 15) is 19.8 Å². The maximum Gasteiger partial charge on any atom is 0.305 e. The van der Waals surface area contributed by atoms with Crippen molar-refractivity contribution in [3.8, 4) is 0 Å². The van der Waals surface area contributed by atoms with Crippen LogP contribution in [0.4, 0.5) is 0 Å². The van der Waals surface area contributed by atoms with Gasteiger partial charge in [-0.3, -0.25) is 9.59 Å². The summed E-state index contributed by atoms with van der Waals surface area (Å²) >= 11 is 0. The summed E-state index contributed by atoms with van der Waals surface area (Å²) in [6, 6.07) is -0.543. The topological polar surface area (TPSA) is 95.9 Å². The van der Waals surface area contributed by atoms with E-state index in [1.165, 1.54) is 315 Å². The third-order valence-corrected chi connectivity index (χ3v) is 16.3. The van der Waals surface area contributed by atoms with E-state index in [4.69, 9.17) is 4.74 Å². The Balaban J connectivity index is 3.38. The van der Waals surface area contributed by atoms with Crippen molar-refractivity contribution in [2.75, 3.05) is 13.2 Å². The lowest BCUT2D eigenvalue weighted by molar-refractivity contribution is -0.143. The summed E-state index contributed by atoms with van der Waals surface area (Å²) in [6.07, 6.45) is 79.6. The number of aliphatic hydroxyl groups is 2. The fourth-order valence-corrected chi connectivity index (χ4v) is 11.1. The lowest BCUT2D eigenvalue weighted by Gasteiger charge is -2.22. The van der Waals surface area contributed by atoms with Gasteiger partial charge in [0.2, 0.25) is 5.91 Å². The molecule has 6 nitrogen and oxygen atoms in total. The molecule has 0 aliphatic carbocycles. The SMILES string of the molecule is CCCCC/C=C\CCCCCCCC(=O)OCCCCCCCCCCCCCCCCCCCCCCCC(=O)NC(CO)C(O)CCCCCCCCCCCCCCCCCCCCCCCCCCC. The number of amides is 1. The molecule has 6 heteroatoms. The second kappa shape index (κ2) is 65.1. The van der Waals surface area contributed by atoms with Gasteiger partial charge in [0.05, 0.1) is 25.4 Å². The van der Waals surface area contributed by atoms with Crippen LogP contribution in [-0.4, -0.2) is 47.4 Å². The molecule has 0 aromatic carbocycles. The Morgan fingerprint density at radius 3 is 0.973 bits per heavy atom. The van der Waals surface area contributed by atoms with Crippen molar-refractivity contribution in [3.05, 3.63) is 12.2 Å². The summed E-state index contributed by atoms with van der Waals surface area (Å²) in [5.74, 6) is -0.0277. The highest BCUT2D eigenvalue weighted by Crippen LogP contribution is 2.19. The van der Waals surface area contributed by atoms with Gasteiger partial charge < -0.3 is 20.3 Å². The largest absolute Gasteiger partial charge is 0.466 e. The Morgan fingerprint density at radius 1 is 0.360 bits per heavy atom. The molecule has 2 atom stereocenters. The van der Waals surface area contributed by atoms with Gasteiger partial charge in [0.1, 0.15) is 0 Å². The summed E-state index contributed by atoms with van der Waals surface area (Å²) in [6.45, 7) is 4.96. The fourth-order valence-electron chi connectivity index (χ4n) is 11.1. The molecule has 0 aliphatic heterocycles. The Kier molecular flexibility index (Phi) is 63.9. The number of esters is 1. The maximum atomic E-state index is 12.6. The average molecular weight is 1060 g/mol.